The lowest BCUT2D eigenvalue weighted by molar-refractivity contribution is -0.140. The van der Waals surface area contributed by atoms with E-state index in [-0.39, 0.29) is 5.91 Å². The number of benzene rings is 2. The number of carbonyl (C=O) groups excluding carboxylic acids is 1. The van der Waals surface area contributed by atoms with Crippen molar-refractivity contribution in [3.8, 4) is 5.75 Å². The molecule has 25 heavy (non-hydrogen) atoms. The fraction of sp³-hybridized carbons (Fsp3) is 0.476. The van der Waals surface area contributed by atoms with Gasteiger partial charge in [0.2, 0.25) is 0 Å². The Morgan fingerprint density at radius 1 is 1.08 bits per heavy atom. The van der Waals surface area contributed by atoms with Crippen LogP contribution < -0.4 is 10.1 Å². The van der Waals surface area contributed by atoms with Crippen LogP contribution in [0.3, 0.4) is 0 Å². The number of nitrogens with one attached hydrogen (secondary N) is 1. The van der Waals surface area contributed by atoms with Crippen molar-refractivity contribution in [1.82, 2.24) is 0 Å². The molecule has 2 rings (SSSR count). The molecule has 2 aromatic rings. The van der Waals surface area contributed by atoms with Crippen LogP contribution in [0.4, 0.5) is 5.69 Å². The molecular formula is C21H29NO3. The van der Waals surface area contributed by atoms with Crippen molar-refractivity contribution in [1.29, 1.82) is 0 Å². The van der Waals surface area contributed by atoms with Crippen LogP contribution in [-0.2, 0) is 9.53 Å². The van der Waals surface area contributed by atoms with E-state index in [0.29, 0.717) is 13.0 Å². The summed E-state index contributed by atoms with van der Waals surface area (Å²) in [4.78, 5) is 13.0. The average molecular weight is 343 g/mol. The Bertz CT molecular complexity index is 703. The molecule has 1 atom stereocenters. The van der Waals surface area contributed by atoms with Crippen LogP contribution in [0.1, 0.15) is 46.5 Å². The molecule has 0 aliphatic heterocycles. The van der Waals surface area contributed by atoms with Crippen molar-refractivity contribution in [3.63, 3.8) is 0 Å². The molecule has 0 aliphatic rings. The predicted molar refractivity (Wildman–Crippen MR) is 103 cm³/mol. The molecule has 0 radical (unpaired) electrons. The van der Waals surface area contributed by atoms with Gasteiger partial charge >= 0.3 is 0 Å². The summed E-state index contributed by atoms with van der Waals surface area (Å²) in [5, 5.41) is 5.02. The van der Waals surface area contributed by atoms with Crippen LogP contribution >= 0.6 is 0 Å². The number of unbranched alkanes of at least 4 members (excludes halogenated alkanes) is 1. The topological polar surface area (TPSA) is 47.6 Å². The lowest BCUT2D eigenvalue weighted by atomic mass is 9.97. The van der Waals surface area contributed by atoms with Gasteiger partial charge < -0.3 is 14.8 Å². The first kappa shape index (κ1) is 19.3. The van der Waals surface area contributed by atoms with Crippen LogP contribution in [0.25, 0.3) is 10.8 Å². The second-order valence-corrected chi connectivity index (χ2v) is 6.50. The van der Waals surface area contributed by atoms with E-state index in [1.54, 1.807) is 7.11 Å². The molecule has 0 spiro atoms. The Morgan fingerprint density at radius 3 is 2.44 bits per heavy atom. The van der Waals surface area contributed by atoms with Crippen molar-refractivity contribution in [2.75, 3.05) is 19.0 Å². The first-order valence-corrected chi connectivity index (χ1v) is 9.07. The van der Waals surface area contributed by atoms with Gasteiger partial charge in [-0.25, -0.2) is 0 Å². The third kappa shape index (κ3) is 4.51. The SMILES string of the molecule is CCCCC(C)(OCCC)C(=O)Nc1ccc(OC)c2ccccc12. The van der Waals surface area contributed by atoms with Crippen LogP contribution in [0.15, 0.2) is 36.4 Å². The van der Waals surface area contributed by atoms with Gasteiger partial charge in [-0.2, -0.15) is 0 Å². The number of hydrogen-bond donors (Lipinski definition) is 1. The Kier molecular flexibility index (Phi) is 6.82. The zero-order valence-electron chi connectivity index (χ0n) is 15.7. The van der Waals surface area contributed by atoms with Crippen molar-refractivity contribution < 1.29 is 14.3 Å². The maximum Gasteiger partial charge on any atom is 0.256 e. The molecule has 1 N–H and O–H groups in total. The van der Waals surface area contributed by atoms with Crippen molar-refractivity contribution in [3.05, 3.63) is 36.4 Å². The van der Waals surface area contributed by atoms with Gasteiger partial charge in [0, 0.05) is 23.1 Å². The lowest BCUT2D eigenvalue weighted by Crippen LogP contribution is -2.43. The molecule has 2 aromatic carbocycles. The van der Waals surface area contributed by atoms with Gasteiger partial charge in [0.05, 0.1) is 7.11 Å². The maximum absolute atomic E-state index is 13.0. The minimum Gasteiger partial charge on any atom is -0.496 e. The largest absolute Gasteiger partial charge is 0.496 e. The Balaban J connectivity index is 2.30. The molecular weight excluding hydrogens is 314 g/mol. The smallest absolute Gasteiger partial charge is 0.256 e. The van der Waals surface area contributed by atoms with Crippen molar-refractivity contribution in [2.24, 2.45) is 0 Å². The fourth-order valence-corrected chi connectivity index (χ4v) is 2.91. The number of hydrogen-bond acceptors (Lipinski definition) is 3. The first-order chi connectivity index (χ1) is 12.1. The molecule has 0 saturated carbocycles. The molecule has 136 valence electrons. The van der Waals surface area contributed by atoms with E-state index < -0.39 is 5.60 Å². The second-order valence-electron chi connectivity index (χ2n) is 6.50. The molecule has 0 fully saturated rings. The number of methoxy groups -OCH3 is 1. The molecule has 0 saturated heterocycles. The minimum absolute atomic E-state index is 0.0929. The summed E-state index contributed by atoms with van der Waals surface area (Å²) in [6, 6.07) is 11.7. The van der Waals surface area contributed by atoms with Gasteiger partial charge in [-0.3, -0.25) is 4.79 Å². The Morgan fingerprint density at radius 2 is 1.80 bits per heavy atom. The minimum atomic E-state index is -0.812. The first-order valence-electron chi connectivity index (χ1n) is 9.07. The quantitative estimate of drug-likeness (QED) is 0.684. The maximum atomic E-state index is 13.0. The van der Waals surface area contributed by atoms with E-state index in [2.05, 4.69) is 19.2 Å². The number of amides is 1. The number of fused-ring (bicyclic) bond motifs is 1. The highest BCUT2D eigenvalue weighted by atomic mass is 16.5. The highest BCUT2D eigenvalue weighted by Gasteiger charge is 2.33. The van der Waals surface area contributed by atoms with E-state index in [4.69, 9.17) is 9.47 Å². The Labute approximate surface area is 150 Å². The molecule has 0 aliphatic carbocycles. The highest BCUT2D eigenvalue weighted by Crippen LogP contribution is 2.32. The zero-order chi connectivity index (χ0) is 18.3. The third-order valence-corrected chi connectivity index (χ3v) is 4.46. The van der Waals surface area contributed by atoms with E-state index in [0.717, 1.165) is 41.5 Å². The van der Waals surface area contributed by atoms with E-state index in [1.807, 2.05) is 43.3 Å². The van der Waals surface area contributed by atoms with Crippen LogP contribution in [0.2, 0.25) is 0 Å². The Hall–Kier alpha value is -2.07. The summed E-state index contributed by atoms with van der Waals surface area (Å²) in [5.74, 6) is 0.703. The average Bonchev–Trinajstić information content (AvgIpc) is 2.65. The summed E-state index contributed by atoms with van der Waals surface area (Å²) in [7, 11) is 1.65. The molecule has 4 heteroatoms. The monoisotopic (exact) mass is 343 g/mol. The summed E-state index contributed by atoms with van der Waals surface area (Å²) >= 11 is 0. The van der Waals surface area contributed by atoms with Gasteiger partial charge in [-0.05, 0) is 31.9 Å². The number of carbonyl (C=O) groups is 1. The van der Waals surface area contributed by atoms with E-state index >= 15 is 0 Å². The number of anilines is 1. The summed E-state index contributed by atoms with van der Waals surface area (Å²) in [5.41, 5.74) is -0.0308. The van der Waals surface area contributed by atoms with Gasteiger partial charge in [0.1, 0.15) is 11.4 Å². The molecule has 1 amide bonds. The van der Waals surface area contributed by atoms with E-state index in [9.17, 15) is 4.79 Å². The molecule has 0 aromatic heterocycles. The van der Waals surface area contributed by atoms with Gasteiger partial charge in [0.15, 0.2) is 0 Å². The number of rotatable bonds is 9. The molecule has 0 bridgehead atoms. The highest BCUT2D eigenvalue weighted by molar-refractivity contribution is 6.06. The molecule has 0 heterocycles. The predicted octanol–water partition coefficient (Wildman–Crippen LogP) is 5.16. The normalized spacial score (nSPS) is 13.4. The van der Waals surface area contributed by atoms with E-state index in [1.165, 1.54) is 0 Å². The second kappa shape index (κ2) is 8.86. The fourth-order valence-electron chi connectivity index (χ4n) is 2.91. The van der Waals surface area contributed by atoms with Crippen molar-refractivity contribution in [2.45, 2.75) is 52.1 Å². The molecule has 1 unspecified atom stereocenters. The molecule has 4 nitrogen and oxygen atoms in total. The van der Waals surface area contributed by atoms with Gasteiger partial charge in [-0.15, -0.1) is 0 Å². The summed E-state index contributed by atoms with van der Waals surface area (Å²) in [6.07, 6.45) is 3.59. The van der Waals surface area contributed by atoms with Crippen LogP contribution in [0.5, 0.6) is 5.75 Å². The lowest BCUT2D eigenvalue weighted by Gasteiger charge is -2.29. The van der Waals surface area contributed by atoms with Crippen molar-refractivity contribution >= 4 is 22.4 Å². The standard InChI is InChI=1S/C21H29NO3/c1-5-7-14-21(3,25-15-6-2)20(23)22-18-12-13-19(24-4)17-11-9-8-10-16(17)18/h8-13H,5-7,14-15H2,1-4H3,(H,22,23). The summed E-state index contributed by atoms with van der Waals surface area (Å²) in [6.45, 7) is 6.64. The zero-order valence-corrected chi connectivity index (χ0v) is 15.7. The summed E-state index contributed by atoms with van der Waals surface area (Å²) < 4.78 is 11.4. The van der Waals surface area contributed by atoms with Gasteiger partial charge in [-0.1, -0.05) is 51.0 Å². The van der Waals surface area contributed by atoms with Crippen LogP contribution in [0, 0.1) is 0 Å². The van der Waals surface area contributed by atoms with Crippen LogP contribution in [-0.4, -0.2) is 25.2 Å². The van der Waals surface area contributed by atoms with Gasteiger partial charge in [0.25, 0.3) is 5.91 Å². The third-order valence-electron chi connectivity index (χ3n) is 4.46. The number of ether oxygens (including phenoxy) is 2.